The minimum Gasteiger partial charge on any atom is -0.394 e. The molecule has 4 N–H and O–H groups in total. The van der Waals surface area contributed by atoms with Crippen molar-refractivity contribution >= 4 is 7.60 Å². The SMILES string of the molecule is CCCCCCCCCCCCCCCCCCOC[C@@H](COC(C(O)CO)P(=O)(O)O)OC. The fourth-order valence-corrected chi connectivity index (χ4v) is 4.70. The van der Waals surface area contributed by atoms with Gasteiger partial charge in [-0.2, -0.15) is 0 Å². The number of hydrogen-bond donors (Lipinski definition) is 4. The molecular weight excluding hydrogens is 459 g/mol. The first kappa shape index (κ1) is 34.0. The molecule has 2 unspecified atom stereocenters. The van der Waals surface area contributed by atoms with E-state index in [0.717, 1.165) is 12.8 Å². The largest absolute Gasteiger partial charge is 0.394 e. The van der Waals surface area contributed by atoms with Crippen LogP contribution < -0.4 is 0 Å². The Morgan fingerprint density at radius 2 is 1.18 bits per heavy atom. The zero-order valence-corrected chi connectivity index (χ0v) is 22.6. The first-order valence-electron chi connectivity index (χ1n) is 13.4. The predicted molar refractivity (Wildman–Crippen MR) is 136 cm³/mol. The van der Waals surface area contributed by atoms with E-state index in [-0.39, 0.29) is 13.2 Å². The molecule has 0 aliphatic carbocycles. The van der Waals surface area contributed by atoms with Crippen LogP contribution in [-0.4, -0.2) is 71.6 Å². The zero-order chi connectivity index (χ0) is 25.5. The molecule has 0 aromatic heterocycles. The average Bonchev–Trinajstić information content (AvgIpc) is 2.81. The van der Waals surface area contributed by atoms with E-state index in [1.807, 2.05) is 0 Å². The summed E-state index contributed by atoms with van der Waals surface area (Å²) in [6.45, 7) is 2.14. The number of methoxy groups -OCH3 is 1. The summed E-state index contributed by atoms with van der Waals surface area (Å²) in [5.41, 5.74) is 0. The van der Waals surface area contributed by atoms with Gasteiger partial charge in [0.05, 0.1) is 19.8 Å². The lowest BCUT2D eigenvalue weighted by Gasteiger charge is -2.25. The number of rotatable bonds is 26. The van der Waals surface area contributed by atoms with Gasteiger partial charge in [-0.25, -0.2) is 0 Å². The molecular formula is C25H53O8P. The van der Waals surface area contributed by atoms with Gasteiger partial charge in [0, 0.05) is 13.7 Å². The molecule has 0 rings (SSSR count). The van der Waals surface area contributed by atoms with Gasteiger partial charge < -0.3 is 34.2 Å². The topological polar surface area (TPSA) is 126 Å². The maximum Gasteiger partial charge on any atom is 0.356 e. The molecule has 0 aromatic carbocycles. The van der Waals surface area contributed by atoms with Crippen LogP contribution in [0.5, 0.6) is 0 Å². The summed E-state index contributed by atoms with van der Waals surface area (Å²) in [5.74, 6) is -1.78. The van der Waals surface area contributed by atoms with Crippen LogP contribution in [0.25, 0.3) is 0 Å². The fourth-order valence-electron chi connectivity index (χ4n) is 3.88. The fraction of sp³-hybridized carbons (Fsp3) is 1.00. The Morgan fingerprint density at radius 1 is 0.735 bits per heavy atom. The third-order valence-electron chi connectivity index (χ3n) is 6.08. The molecule has 0 aliphatic rings. The lowest BCUT2D eigenvalue weighted by molar-refractivity contribution is -0.0811. The maximum atomic E-state index is 11.4. The van der Waals surface area contributed by atoms with Crippen LogP contribution in [0.1, 0.15) is 110 Å². The summed E-state index contributed by atoms with van der Waals surface area (Å²) in [6.07, 6.45) is 18.9. The number of aliphatic hydroxyl groups is 2. The van der Waals surface area contributed by atoms with Gasteiger partial charge in [-0.05, 0) is 6.42 Å². The molecule has 34 heavy (non-hydrogen) atoms. The second-order valence-corrected chi connectivity index (χ2v) is 11.0. The highest BCUT2D eigenvalue weighted by molar-refractivity contribution is 7.52. The Morgan fingerprint density at radius 3 is 1.56 bits per heavy atom. The second-order valence-electron chi connectivity index (χ2n) is 9.30. The normalized spacial score (nSPS) is 14.9. The van der Waals surface area contributed by atoms with Crippen LogP contribution in [-0.2, 0) is 18.8 Å². The van der Waals surface area contributed by atoms with E-state index >= 15 is 0 Å². The summed E-state index contributed by atoms with van der Waals surface area (Å²) < 4.78 is 27.3. The standard InChI is InChI=1S/C25H53O8P/c1-3-4-5-6-7-8-9-10-11-12-13-14-15-16-17-18-19-32-21-23(31-2)22-33-25(24(27)20-26)34(28,29)30/h23-27H,3-22H2,1-2H3,(H2,28,29,30)/t23-,24?,25?/m0/s1. The zero-order valence-electron chi connectivity index (χ0n) is 21.7. The van der Waals surface area contributed by atoms with Gasteiger partial charge in [-0.1, -0.05) is 103 Å². The molecule has 0 spiro atoms. The van der Waals surface area contributed by atoms with Crippen molar-refractivity contribution in [1.29, 1.82) is 0 Å². The highest BCUT2D eigenvalue weighted by Gasteiger charge is 2.36. The van der Waals surface area contributed by atoms with E-state index in [4.69, 9.17) is 19.3 Å². The van der Waals surface area contributed by atoms with Gasteiger partial charge >= 0.3 is 7.60 Å². The smallest absolute Gasteiger partial charge is 0.356 e. The summed E-state index contributed by atoms with van der Waals surface area (Å²) in [7, 11) is -3.25. The third-order valence-corrected chi connectivity index (χ3v) is 7.24. The van der Waals surface area contributed by atoms with E-state index in [9.17, 15) is 19.5 Å². The van der Waals surface area contributed by atoms with E-state index in [1.54, 1.807) is 0 Å². The molecule has 206 valence electrons. The lowest BCUT2D eigenvalue weighted by atomic mass is 10.0. The third kappa shape index (κ3) is 20.2. The Hall–Kier alpha value is -0.0500. The van der Waals surface area contributed by atoms with Crippen LogP contribution in [0.2, 0.25) is 0 Å². The number of aliphatic hydroxyl groups excluding tert-OH is 2. The molecule has 0 fully saturated rings. The van der Waals surface area contributed by atoms with Gasteiger partial charge in [0.1, 0.15) is 12.2 Å². The molecule has 0 saturated carbocycles. The van der Waals surface area contributed by atoms with Crippen LogP contribution in [0.4, 0.5) is 0 Å². The summed E-state index contributed by atoms with van der Waals surface area (Å²) >= 11 is 0. The molecule has 9 heteroatoms. The molecule has 0 heterocycles. The van der Waals surface area contributed by atoms with E-state index in [2.05, 4.69) is 6.92 Å². The lowest BCUT2D eigenvalue weighted by Crippen LogP contribution is -2.35. The predicted octanol–water partition coefficient (Wildman–Crippen LogP) is 5.15. The van der Waals surface area contributed by atoms with E-state index in [1.165, 1.54) is 97.0 Å². The monoisotopic (exact) mass is 512 g/mol. The molecule has 0 aromatic rings. The van der Waals surface area contributed by atoms with Crippen molar-refractivity contribution in [1.82, 2.24) is 0 Å². The van der Waals surface area contributed by atoms with Gasteiger partial charge in [0.25, 0.3) is 0 Å². The number of ether oxygens (including phenoxy) is 3. The Bertz CT molecular complexity index is 474. The van der Waals surface area contributed by atoms with E-state index < -0.39 is 32.3 Å². The van der Waals surface area contributed by atoms with Gasteiger partial charge in [-0.15, -0.1) is 0 Å². The second kappa shape index (κ2) is 23.4. The number of unbranched alkanes of at least 4 members (excludes halogenated alkanes) is 15. The van der Waals surface area contributed by atoms with Gasteiger partial charge in [-0.3, -0.25) is 4.57 Å². The van der Waals surface area contributed by atoms with Crippen molar-refractivity contribution in [2.45, 2.75) is 128 Å². The average molecular weight is 513 g/mol. The van der Waals surface area contributed by atoms with Crippen molar-refractivity contribution in [2.75, 3.05) is 33.5 Å². The Labute approximate surface area is 207 Å². The maximum absolute atomic E-state index is 11.4. The Kier molecular flexibility index (Phi) is 23.3. The molecule has 0 radical (unpaired) electrons. The molecule has 3 atom stereocenters. The first-order valence-corrected chi connectivity index (χ1v) is 15.1. The molecule has 0 aliphatic heterocycles. The minimum absolute atomic E-state index is 0.151. The van der Waals surface area contributed by atoms with E-state index in [0.29, 0.717) is 6.61 Å². The van der Waals surface area contributed by atoms with Crippen molar-refractivity contribution in [3.05, 3.63) is 0 Å². The van der Waals surface area contributed by atoms with Crippen molar-refractivity contribution in [3.8, 4) is 0 Å². The minimum atomic E-state index is -4.71. The number of hydrogen-bond acceptors (Lipinski definition) is 6. The molecule has 8 nitrogen and oxygen atoms in total. The summed E-state index contributed by atoms with van der Waals surface area (Å²) in [4.78, 5) is 18.5. The van der Waals surface area contributed by atoms with Gasteiger partial charge in [0.2, 0.25) is 0 Å². The van der Waals surface area contributed by atoms with Crippen molar-refractivity contribution < 1.29 is 38.8 Å². The highest BCUT2D eigenvalue weighted by Crippen LogP contribution is 2.43. The van der Waals surface area contributed by atoms with Crippen LogP contribution >= 0.6 is 7.60 Å². The van der Waals surface area contributed by atoms with Crippen LogP contribution in [0.3, 0.4) is 0 Å². The van der Waals surface area contributed by atoms with Crippen molar-refractivity contribution in [2.24, 2.45) is 0 Å². The summed E-state index contributed by atoms with van der Waals surface area (Å²) in [6, 6.07) is 0. The first-order chi connectivity index (χ1) is 16.4. The summed E-state index contributed by atoms with van der Waals surface area (Å²) in [5, 5.41) is 18.5. The highest BCUT2D eigenvalue weighted by atomic mass is 31.2. The van der Waals surface area contributed by atoms with Gasteiger partial charge in [0.15, 0.2) is 5.85 Å². The molecule has 0 amide bonds. The van der Waals surface area contributed by atoms with Crippen LogP contribution in [0.15, 0.2) is 0 Å². The van der Waals surface area contributed by atoms with Crippen molar-refractivity contribution in [3.63, 3.8) is 0 Å². The molecule has 0 bridgehead atoms. The molecule has 0 saturated heterocycles. The van der Waals surface area contributed by atoms with Crippen LogP contribution in [0, 0.1) is 0 Å². The quantitative estimate of drug-likeness (QED) is 0.0926. The Balaban J connectivity index is 3.55.